The van der Waals surface area contributed by atoms with Crippen molar-refractivity contribution in [2.45, 2.75) is 6.92 Å². The van der Waals surface area contributed by atoms with Gasteiger partial charge < -0.3 is 9.52 Å². The number of carboxylic acids is 1. The molecule has 6 heteroatoms. The molecule has 0 unspecified atom stereocenters. The van der Waals surface area contributed by atoms with E-state index in [4.69, 9.17) is 9.52 Å². The van der Waals surface area contributed by atoms with E-state index in [0.29, 0.717) is 16.9 Å². The lowest BCUT2D eigenvalue weighted by Gasteiger charge is -1.98. The second-order valence-corrected chi connectivity index (χ2v) is 4.02. The number of nitrogens with one attached hydrogen (secondary N) is 1. The number of furan rings is 1. The SMILES string of the molecule is Cc1occc1C(=O)NN=Cc1ccc(C(=O)O)cc1. The van der Waals surface area contributed by atoms with Crippen LogP contribution >= 0.6 is 0 Å². The van der Waals surface area contributed by atoms with Crippen LogP contribution in [0.15, 0.2) is 46.1 Å². The molecule has 1 aromatic carbocycles. The van der Waals surface area contributed by atoms with Gasteiger partial charge in [0.2, 0.25) is 0 Å². The first-order valence-corrected chi connectivity index (χ1v) is 5.79. The van der Waals surface area contributed by atoms with E-state index in [0.717, 1.165) is 0 Å². The Morgan fingerprint density at radius 1 is 1.25 bits per heavy atom. The van der Waals surface area contributed by atoms with Gasteiger partial charge in [-0.15, -0.1) is 0 Å². The zero-order chi connectivity index (χ0) is 14.5. The fourth-order valence-electron chi connectivity index (χ4n) is 1.56. The predicted molar refractivity (Wildman–Crippen MR) is 71.9 cm³/mol. The molecule has 0 saturated heterocycles. The highest BCUT2D eigenvalue weighted by atomic mass is 16.4. The third-order valence-electron chi connectivity index (χ3n) is 2.64. The van der Waals surface area contributed by atoms with Crippen LogP contribution in [0.4, 0.5) is 0 Å². The summed E-state index contributed by atoms with van der Waals surface area (Å²) in [5.41, 5.74) is 3.66. The summed E-state index contributed by atoms with van der Waals surface area (Å²) < 4.78 is 5.02. The van der Waals surface area contributed by atoms with Crippen LogP contribution in [-0.2, 0) is 0 Å². The Bertz CT molecular complexity index is 656. The predicted octanol–water partition coefficient (Wildman–Crippen LogP) is 2.05. The molecule has 0 bridgehead atoms. The summed E-state index contributed by atoms with van der Waals surface area (Å²) in [5.74, 6) is -0.838. The molecule has 2 rings (SSSR count). The molecule has 0 radical (unpaired) electrons. The fourth-order valence-corrected chi connectivity index (χ4v) is 1.56. The van der Waals surface area contributed by atoms with E-state index in [1.807, 2.05) is 0 Å². The van der Waals surface area contributed by atoms with Gasteiger partial charge >= 0.3 is 5.97 Å². The van der Waals surface area contributed by atoms with Crippen molar-refractivity contribution in [2.75, 3.05) is 0 Å². The van der Waals surface area contributed by atoms with Gasteiger partial charge in [-0.3, -0.25) is 4.79 Å². The summed E-state index contributed by atoms with van der Waals surface area (Å²) in [7, 11) is 0. The minimum atomic E-state index is -0.989. The minimum Gasteiger partial charge on any atom is -0.478 e. The van der Waals surface area contributed by atoms with Crippen molar-refractivity contribution in [3.05, 3.63) is 59.0 Å². The molecule has 1 amide bonds. The second kappa shape index (κ2) is 5.83. The van der Waals surface area contributed by atoms with Crippen LogP contribution in [0.1, 0.15) is 32.0 Å². The zero-order valence-corrected chi connectivity index (χ0v) is 10.7. The van der Waals surface area contributed by atoms with Gasteiger partial charge in [-0.1, -0.05) is 12.1 Å². The highest BCUT2D eigenvalue weighted by molar-refractivity contribution is 5.95. The van der Waals surface area contributed by atoms with E-state index < -0.39 is 5.97 Å². The Morgan fingerprint density at radius 3 is 2.50 bits per heavy atom. The standard InChI is InChI=1S/C14H12N2O4/c1-9-12(6-7-20-9)13(17)16-15-8-10-2-4-11(5-3-10)14(18)19/h2-8H,1H3,(H,16,17)(H,18,19). The molecule has 0 aliphatic rings. The van der Waals surface area contributed by atoms with Crippen molar-refractivity contribution in [3.63, 3.8) is 0 Å². The van der Waals surface area contributed by atoms with Crippen molar-refractivity contribution in [1.29, 1.82) is 0 Å². The lowest BCUT2D eigenvalue weighted by atomic mass is 10.1. The number of hydrazone groups is 1. The molecular weight excluding hydrogens is 260 g/mol. The van der Waals surface area contributed by atoms with E-state index in [1.54, 1.807) is 25.1 Å². The van der Waals surface area contributed by atoms with E-state index in [1.165, 1.54) is 24.6 Å². The first kappa shape index (κ1) is 13.5. The number of amides is 1. The Hall–Kier alpha value is -2.89. The van der Waals surface area contributed by atoms with Gasteiger partial charge in [0.25, 0.3) is 5.91 Å². The maximum absolute atomic E-state index is 11.7. The average Bonchev–Trinajstić information content (AvgIpc) is 2.85. The average molecular weight is 272 g/mol. The van der Waals surface area contributed by atoms with Crippen LogP contribution in [0.25, 0.3) is 0 Å². The van der Waals surface area contributed by atoms with Crippen LogP contribution in [-0.4, -0.2) is 23.2 Å². The van der Waals surface area contributed by atoms with E-state index in [9.17, 15) is 9.59 Å². The van der Waals surface area contributed by atoms with Crippen LogP contribution in [0.3, 0.4) is 0 Å². The molecule has 1 aromatic heterocycles. The summed E-state index contributed by atoms with van der Waals surface area (Å²) in [5, 5.41) is 12.6. The summed E-state index contributed by atoms with van der Waals surface area (Å²) >= 11 is 0. The number of aryl methyl sites for hydroxylation is 1. The molecule has 0 aliphatic heterocycles. The number of carbonyl (C=O) groups excluding carboxylic acids is 1. The topological polar surface area (TPSA) is 91.9 Å². The van der Waals surface area contributed by atoms with Crippen molar-refractivity contribution in [3.8, 4) is 0 Å². The number of carbonyl (C=O) groups is 2. The fraction of sp³-hybridized carbons (Fsp3) is 0.0714. The molecule has 2 aromatic rings. The largest absolute Gasteiger partial charge is 0.478 e. The van der Waals surface area contributed by atoms with Gasteiger partial charge in [0.1, 0.15) is 5.76 Å². The maximum Gasteiger partial charge on any atom is 0.335 e. The highest BCUT2D eigenvalue weighted by Crippen LogP contribution is 2.08. The molecule has 0 fully saturated rings. The van der Waals surface area contributed by atoms with Crippen molar-refractivity contribution >= 4 is 18.1 Å². The smallest absolute Gasteiger partial charge is 0.335 e. The first-order valence-electron chi connectivity index (χ1n) is 5.79. The maximum atomic E-state index is 11.7. The molecule has 0 spiro atoms. The van der Waals surface area contributed by atoms with Gasteiger partial charge in [-0.05, 0) is 30.7 Å². The van der Waals surface area contributed by atoms with E-state index >= 15 is 0 Å². The molecule has 0 saturated carbocycles. The van der Waals surface area contributed by atoms with Gasteiger partial charge in [0.05, 0.1) is 23.6 Å². The van der Waals surface area contributed by atoms with Crippen molar-refractivity contribution in [1.82, 2.24) is 5.43 Å². The number of benzene rings is 1. The summed E-state index contributed by atoms with van der Waals surface area (Å²) in [6.07, 6.45) is 2.86. The number of aromatic carboxylic acids is 1. The molecular formula is C14H12N2O4. The Kier molecular flexibility index (Phi) is 3.95. The molecule has 6 nitrogen and oxygen atoms in total. The summed E-state index contributed by atoms with van der Waals surface area (Å²) in [6.45, 7) is 1.68. The first-order chi connectivity index (χ1) is 9.58. The minimum absolute atomic E-state index is 0.195. The van der Waals surface area contributed by atoms with Crippen LogP contribution in [0.5, 0.6) is 0 Å². The molecule has 0 atom stereocenters. The Labute approximate surface area is 114 Å². The van der Waals surface area contributed by atoms with Crippen LogP contribution in [0, 0.1) is 6.92 Å². The monoisotopic (exact) mass is 272 g/mol. The molecule has 2 N–H and O–H groups in total. The third-order valence-corrected chi connectivity index (χ3v) is 2.64. The normalized spacial score (nSPS) is 10.7. The van der Waals surface area contributed by atoms with Crippen LogP contribution in [0.2, 0.25) is 0 Å². The molecule has 20 heavy (non-hydrogen) atoms. The summed E-state index contributed by atoms with van der Waals surface area (Å²) in [6, 6.07) is 7.68. The summed E-state index contributed by atoms with van der Waals surface area (Å²) in [4.78, 5) is 22.4. The van der Waals surface area contributed by atoms with Crippen molar-refractivity contribution < 1.29 is 19.1 Å². The van der Waals surface area contributed by atoms with E-state index in [2.05, 4.69) is 10.5 Å². The molecule has 1 heterocycles. The second-order valence-electron chi connectivity index (χ2n) is 4.02. The Balaban J connectivity index is 1.98. The number of carboxylic acid groups (broad SMARTS) is 1. The van der Waals surface area contributed by atoms with Gasteiger partial charge in [0.15, 0.2) is 0 Å². The number of hydrogen-bond acceptors (Lipinski definition) is 4. The Morgan fingerprint density at radius 2 is 1.95 bits per heavy atom. The van der Waals surface area contributed by atoms with Gasteiger partial charge in [-0.25, -0.2) is 10.2 Å². The molecule has 0 aliphatic carbocycles. The van der Waals surface area contributed by atoms with E-state index in [-0.39, 0.29) is 11.5 Å². The number of nitrogens with zero attached hydrogens (tertiary/aromatic N) is 1. The zero-order valence-electron chi connectivity index (χ0n) is 10.7. The van der Waals surface area contributed by atoms with Crippen LogP contribution < -0.4 is 5.43 Å². The number of rotatable bonds is 4. The highest BCUT2D eigenvalue weighted by Gasteiger charge is 2.09. The van der Waals surface area contributed by atoms with Gasteiger partial charge in [-0.2, -0.15) is 5.10 Å². The molecule has 102 valence electrons. The number of hydrogen-bond donors (Lipinski definition) is 2. The lowest BCUT2D eigenvalue weighted by Crippen LogP contribution is -2.17. The quantitative estimate of drug-likeness (QED) is 0.658. The van der Waals surface area contributed by atoms with Crippen molar-refractivity contribution in [2.24, 2.45) is 5.10 Å². The lowest BCUT2D eigenvalue weighted by molar-refractivity contribution is 0.0696. The van der Waals surface area contributed by atoms with Gasteiger partial charge in [0, 0.05) is 0 Å². The third kappa shape index (κ3) is 3.11.